The van der Waals surface area contributed by atoms with Crippen molar-refractivity contribution in [3.63, 3.8) is 0 Å². The van der Waals surface area contributed by atoms with Crippen LogP contribution in [0.4, 0.5) is 0 Å². The predicted octanol–water partition coefficient (Wildman–Crippen LogP) is 3.17. The molecule has 0 aliphatic heterocycles. The second-order valence-corrected chi connectivity index (χ2v) is 4.50. The molecular weight excluding hydrogens is 236 g/mol. The predicted molar refractivity (Wildman–Crippen MR) is 78.0 cm³/mol. The van der Waals surface area contributed by atoms with Gasteiger partial charge in [-0.15, -0.1) is 0 Å². The maximum Gasteiger partial charge on any atom is 0.118 e. The molecule has 0 aliphatic rings. The number of hydrogen-bond acceptors (Lipinski definition) is 3. The topological polar surface area (TPSA) is 48.1 Å². The van der Waals surface area contributed by atoms with Crippen LogP contribution in [0.3, 0.4) is 0 Å². The van der Waals surface area contributed by atoms with Gasteiger partial charge < -0.3 is 10.5 Å². The van der Waals surface area contributed by atoms with Crippen molar-refractivity contribution in [2.45, 2.75) is 13.0 Å². The van der Waals surface area contributed by atoms with E-state index in [1.807, 2.05) is 43.3 Å². The maximum absolute atomic E-state index is 6.21. The smallest absolute Gasteiger partial charge is 0.118 e. The Morgan fingerprint density at radius 2 is 1.89 bits per heavy atom. The third-order valence-corrected chi connectivity index (χ3v) is 3.07. The van der Waals surface area contributed by atoms with Gasteiger partial charge in [-0.2, -0.15) is 0 Å². The third kappa shape index (κ3) is 3.01. The average Bonchev–Trinajstić information content (AvgIpc) is 2.46. The van der Waals surface area contributed by atoms with Crippen LogP contribution in [-0.2, 0) is 0 Å². The minimum Gasteiger partial charge on any atom is -0.497 e. The molecule has 0 amide bonds. The fourth-order valence-electron chi connectivity index (χ4n) is 1.82. The summed E-state index contributed by atoms with van der Waals surface area (Å²) in [6, 6.07) is 11.4. The number of pyridine rings is 1. The van der Waals surface area contributed by atoms with Gasteiger partial charge in [0.05, 0.1) is 18.8 Å². The number of aromatic nitrogens is 1. The summed E-state index contributed by atoms with van der Waals surface area (Å²) in [6.45, 7) is 5.85. The molecule has 1 atom stereocenters. The number of allylic oxidation sites excluding steroid dienone is 1. The van der Waals surface area contributed by atoms with Crippen molar-refractivity contribution in [2.75, 3.05) is 7.11 Å². The van der Waals surface area contributed by atoms with Gasteiger partial charge in [-0.05, 0) is 41.8 Å². The summed E-state index contributed by atoms with van der Waals surface area (Å²) >= 11 is 0. The summed E-state index contributed by atoms with van der Waals surface area (Å²) in [6.07, 6.45) is 1.81. The van der Waals surface area contributed by atoms with Crippen LogP contribution in [-0.4, -0.2) is 12.1 Å². The van der Waals surface area contributed by atoms with Crippen molar-refractivity contribution in [1.82, 2.24) is 4.98 Å². The summed E-state index contributed by atoms with van der Waals surface area (Å²) < 4.78 is 5.13. The molecular formula is C16H18N2O. The quantitative estimate of drug-likeness (QED) is 0.911. The fraction of sp³-hybridized carbons (Fsp3) is 0.188. The van der Waals surface area contributed by atoms with Gasteiger partial charge in [0.25, 0.3) is 0 Å². The van der Waals surface area contributed by atoms with Crippen LogP contribution in [0.2, 0.25) is 0 Å². The van der Waals surface area contributed by atoms with Crippen LogP contribution >= 0.6 is 0 Å². The van der Waals surface area contributed by atoms with Gasteiger partial charge in [-0.3, -0.25) is 4.98 Å². The van der Waals surface area contributed by atoms with Crippen molar-refractivity contribution >= 4 is 5.57 Å². The van der Waals surface area contributed by atoms with Gasteiger partial charge in [-0.25, -0.2) is 0 Å². The first-order chi connectivity index (χ1) is 9.11. The molecule has 0 fully saturated rings. The highest BCUT2D eigenvalue weighted by Crippen LogP contribution is 2.21. The highest BCUT2D eigenvalue weighted by atomic mass is 16.5. The van der Waals surface area contributed by atoms with E-state index in [4.69, 9.17) is 10.5 Å². The first-order valence-corrected chi connectivity index (χ1v) is 6.13. The molecule has 2 rings (SSSR count). The lowest BCUT2D eigenvalue weighted by Crippen LogP contribution is -2.13. The standard InChI is InChI=1S/C16H18N2O/c1-11(2)13-6-9-15(18-10-13)16(17)12-4-7-14(19-3)8-5-12/h4-10,16H,1,17H2,2-3H3. The summed E-state index contributed by atoms with van der Waals surface area (Å²) in [4.78, 5) is 4.40. The van der Waals surface area contributed by atoms with E-state index in [-0.39, 0.29) is 6.04 Å². The van der Waals surface area contributed by atoms with E-state index in [2.05, 4.69) is 11.6 Å². The van der Waals surface area contributed by atoms with Crippen LogP contribution in [0.5, 0.6) is 5.75 Å². The molecule has 3 nitrogen and oxygen atoms in total. The number of nitrogens with two attached hydrogens (primary N) is 1. The molecule has 1 unspecified atom stereocenters. The highest BCUT2D eigenvalue weighted by molar-refractivity contribution is 5.60. The number of benzene rings is 1. The highest BCUT2D eigenvalue weighted by Gasteiger charge is 2.10. The molecule has 1 heterocycles. The van der Waals surface area contributed by atoms with E-state index in [0.717, 1.165) is 28.1 Å². The second kappa shape index (κ2) is 5.67. The summed E-state index contributed by atoms with van der Waals surface area (Å²) in [7, 11) is 1.65. The van der Waals surface area contributed by atoms with Crippen LogP contribution in [0.1, 0.15) is 29.8 Å². The lowest BCUT2D eigenvalue weighted by Gasteiger charge is -2.12. The van der Waals surface area contributed by atoms with E-state index in [0.29, 0.717) is 0 Å². The molecule has 3 heteroatoms. The zero-order valence-corrected chi connectivity index (χ0v) is 11.3. The molecule has 19 heavy (non-hydrogen) atoms. The average molecular weight is 254 g/mol. The number of hydrogen-bond donors (Lipinski definition) is 1. The Kier molecular flexibility index (Phi) is 3.97. The minimum atomic E-state index is -0.231. The minimum absolute atomic E-state index is 0.231. The van der Waals surface area contributed by atoms with Crippen LogP contribution in [0, 0.1) is 0 Å². The first-order valence-electron chi connectivity index (χ1n) is 6.13. The SMILES string of the molecule is C=C(C)c1ccc(C(N)c2ccc(OC)cc2)nc1. The van der Waals surface area contributed by atoms with Gasteiger partial charge in [-0.1, -0.05) is 24.8 Å². The van der Waals surface area contributed by atoms with Crippen molar-refractivity contribution in [1.29, 1.82) is 0 Å². The van der Waals surface area contributed by atoms with Crippen molar-refractivity contribution < 1.29 is 4.74 Å². The monoisotopic (exact) mass is 254 g/mol. The van der Waals surface area contributed by atoms with Gasteiger partial charge in [0.15, 0.2) is 0 Å². The van der Waals surface area contributed by atoms with Gasteiger partial charge in [0.1, 0.15) is 5.75 Å². The Morgan fingerprint density at radius 1 is 1.21 bits per heavy atom. The Bertz CT molecular complexity index is 558. The van der Waals surface area contributed by atoms with Crippen LogP contribution < -0.4 is 10.5 Å². The molecule has 2 N–H and O–H groups in total. The molecule has 0 saturated carbocycles. The molecule has 0 radical (unpaired) electrons. The number of methoxy groups -OCH3 is 1. The molecule has 0 saturated heterocycles. The van der Waals surface area contributed by atoms with Crippen LogP contribution in [0.25, 0.3) is 5.57 Å². The Morgan fingerprint density at radius 3 is 2.37 bits per heavy atom. The number of rotatable bonds is 4. The number of nitrogens with zero attached hydrogens (tertiary/aromatic N) is 1. The van der Waals surface area contributed by atoms with Crippen molar-refractivity contribution in [3.8, 4) is 5.75 Å². The molecule has 0 aliphatic carbocycles. The van der Waals surface area contributed by atoms with Gasteiger partial charge >= 0.3 is 0 Å². The zero-order chi connectivity index (χ0) is 13.8. The van der Waals surface area contributed by atoms with Crippen LogP contribution in [0.15, 0.2) is 49.2 Å². The largest absolute Gasteiger partial charge is 0.497 e. The molecule has 1 aromatic carbocycles. The normalized spacial score (nSPS) is 11.9. The Balaban J connectivity index is 2.22. The van der Waals surface area contributed by atoms with E-state index in [1.54, 1.807) is 13.3 Å². The summed E-state index contributed by atoms with van der Waals surface area (Å²) in [5.74, 6) is 0.821. The fourth-order valence-corrected chi connectivity index (χ4v) is 1.82. The van der Waals surface area contributed by atoms with Gasteiger partial charge in [0.2, 0.25) is 0 Å². The molecule has 0 bridgehead atoms. The lowest BCUT2D eigenvalue weighted by molar-refractivity contribution is 0.414. The second-order valence-electron chi connectivity index (χ2n) is 4.50. The third-order valence-electron chi connectivity index (χ3n) is 3.07. The summed E-state index contributed by atoms with van der Waals surface area (Å²) in [5, 5.41) is 0. The number of ether oxygens (including phenoxy) is 1. The molecule has 2 aromatic rings. The van der Waals surface area contributed by atoms with E-state index in [1.165, 1.54) is 0 Å². The van der Waals surface area contributed by atoms with E-state index < -0.39 is 0 Å². The Hall–Kier alpha value is -2.13. The maximum atomic E-state index is 6.21. The summed E-state index contributed by atoms with van der Waals surface area (Å²) in [5.41, 5.74) is 10.1. The van der Waals surface area contributed by atoms with Crippen molar-refractivity contribution in [3.05, 3.63) is 66.0 Å². The lowest BCUT2D eigenvalue weighted by atomic mass is 10.0. The molecule has 0 spiro atoms. The van der Waals surface area contributed by atoms with E-state index >= 15 is 0 Å². The molecule has 98 valence electrons. The molecule has 1 aromatic heterocycles. The zero-order valence-electron chi connectivity index (χ0n) is 11.3. The van der Waals surface area contributed by atoms with Gasteiger partial charge in [0, 0.05) is 6.20 Å². The Labute approximate surface area is 113 Å². The van der Waals surface area contributed by atoms with Crippen molar-refractivity contribution in [2.24, 2.45) is 5.73 Å². The first kappa shape index (κ1) is 13.3. The van der Waals surface area contributed by atoms with E-state index in [9.17, 15) is 0 Å².